The average molecular weight is 256 g/mol. The number of hydrogen-bond acceptors (Lipinski definition) is 5. The molecule has 2 rings (SSSR count). The summed E-state index contributed by atoms with van der Waals surface area (Å²) < 4.78 is 5.64. The second-order valence-corrected chi connectivity index (χ2v) is 5.40. The van der Waals surface area contributed by atoms with Crippen LogP contribution < -0.4 is 0 Å². The molecule has 96 valence electrons. The summed E-state index contributed by atoms with van der Waals surface area (Å²) >= 11 is 1.61. The maximum Gasteiger partial charge on any atom is 0.0965 e. The zero-order valence-electron chi connectivity index (χ0n) is 10.4. The van der Waals surface area contributed by atoms with Gasteiger partial charge < -0.3 is 9.84 Å². The van der Waals surface area contributed by atoms with E-state index in [1.54, 1.807) is 11.3 Å². The predicted molar refractivity (Wildman–Crippen MR) is 68.4 cm³/mol. The van der Waals surface area contributed by atoms with Crippen molar-refractivity contribution in [2.24, 2.45) is 0 Å². The summed E-state index contributed by atoms with van der Waals surface area (Å²) in [4.78, 5) is 6.68. The normalized spacial score (nSPS) is 23.8. The molecule has 0 bridgehead atoms. The molecule has 1 aromatic rings. The van der Waals surface area contributed by atoms with Gasteiger partial charge in [-0.1, -0.05) is 6.92 Å². The summed E-state index contributed by atoms with van der Waals surface area (Å²) in [7, 11) is 0. The Bertz CT molecular complexity index is 356. The number of thiazole rings is 1. The maximum atomic E-state index is 10.2. The van der Waals surface area contributed by atoms with Gasteiger partial charge in [0, 0.05) is 30.6 Å². The number of morpholine rings is 1. The van der Waals surface area contributed by atoms with E-state index in [0.29, 0.717) is 13.0 Å². The minimum absolute atomic E-state index is 0.0760. The van der Waals surface area contributed by atoms with Crippen molar-refractivity contribution in [3.05, 3.63) is 16.1 Å². The molecule has 2 heterocycles. The van der Waals surface area contributed by atoms with E-state index in [0.717, 1.165) is 30.3 Å². The van der Waals surface area contributed by atoms with E-state index >= 15 is 0 Å². The van der Waals surface area contributed by atoms with Crippen molar-refractivity contribution < 1.29 is 9.84 Å². The number of hydrogen-bond donors (Lipinski definition) is 1. The Kier molecular flexibility index (Phi) is 4.50. The number of aliphatic hydroxyl groups excluding tert-OH is 1. The third-order valence-corrected chi connectivity index (χ3v) is 4.09. The molecule has 2 unspecified atom stereocenters. The zero-order valence-corrected chi connectivity index (χ0v) is 11.2. The highest BCUT2D eigenvalue weighted by Gasteiger charge is 2.26. The van der Waals surface area contributed by atoms with Gasteiger partial charge in [0.25, 0.3) is 0 Å². The summed E-state index contributed by atoms with van der Waals surface area (Å²) in [6.07, 6.45) is 0.0728. The SMILES string of the molecule is CCN1CCOC(C(O)Cc2nc(C)cs2)C1. The number of likely N-dealkylation sites (N-methyl/N-ethyl adjacent to an activating group) is 1. The van der Waals surface area contributed by atoms with Gasteiger partial charge in [-0.3, -0.25) is 4.90 Å². The lowest BCUT2D eigenvalue weighted by Gasteiger charge is -2.34. The Morgan fingerprint density at radius 1 is 1.71 bits per heavy atom. The molecular weight excluding hydrogens is 236 g/mol. The molecule has 0 radical (unpaired) electrons. The molecule has 1 aromatic heterocycles. The second-order valence-electron chi connectivity index (χ2n) is 4.46. The molecule has 1 N–H and O–H groups in total. The minimum atomic E-state index is -0.449. The quantitative estimate of drug-likeness (QED) is 0.875. The summed E-state index contributed by atoms with van der Waals surface area (Å²) in [6, 6.07) is 0. The predicted octanol–water partition coefficient (Wildman–Crippen LogP) is 1.08. The van der Waals surface area contributed by atoms with Gasteiger partial charge in [0.2, 0.25) is 0 Å². The van der Waals surface area contributed by atoms with Crippen LogP contribution in [0.4, 0.5) is 0 Å². The molecule has 0 aromatic carbocycles. The standard InChI is InChI=1S/C12H20N2O2S/c1-3-14-4-5-16-11(7-14)10(15)6-12-13-9(2)8-17-12/h8,10-11,15H,3-7H2,1-2H3. The topological polar surface area (TPSA) is 45.6 Å². The van der Waals surface area contributed by atoms with E-state index in [4.69, 9.17) is 4.74 Å². The van der Waals surface area contributed by atoms with Gasteiger partial charge in [-0.2, -0.15) is 0 Å². The number of ether oxygens (including phenoxy) is 1. The molecule has 1 aliphatic heterocycles. The van der Waals surface area contributed by atoms with Crippen molar-refractivity contribution >= 4 is 11.3 Å². The van der Waals surface area contributed by atoms with Gasteiger partial charge in [-0.15, -0.1) is 11.3 Å². The molecule has 0 amide bonds. The van der Waals surface area contributed by atoms with Gasteiger partial charge in [0.1, 0.15) is 0 Å². The number of rotatable bonds is 4. The Balaban J connectivity index is 1.88. The first-order valence-electron chi connectivity index (χ1n) is 6.12. The Morgan fingerprint density at radius 2 is 2.53 bits per heavy atom. The molecule has 1 saturated heterocycles. The first-order chi connectivity index (χ1) is 8.19. The van der Waals surface area contributed by atoms with Crippen LogP contribution >= 0.6 is 11.3 Å². The van der Waals surface area contributed by atoms with Crippen molar-refractivity contribution in [3.63, 3.8) is 0 Å². The minimum Gasteiger partial charge on any atom is -0.390 e. The van der Waals surface area contributed by atoms with E-state index in [2.05, 4.69) is 16.8 Å². The highest BCUT2D eigenvalue weighted by molar-refractivity contribution is 7.09. The van der Waals surface area contributed by atoms with Crippen LogP contribution in [0.25, 0.3) is 0 Å². The molecule has 0 saturated carbocycles. The lowest BCUT2D eigenvalue weighted by Crippen LogP contribution is -2.48. The van der Waals surface area contributed by atoms with Crippen LogP contribution in [0.2, 0.25) is 0 Å². The first-order valence-corrected chi connectivity index (χ1v) is 7.00. The summed E-state index contributed by atoms with van der Waals surface area (Å²) in [5, 5.41) is 13.2. The molecule has 4 nitrogen and oxygen atoms in total. The van der Waals surface area contributed by atoms with Gasteiger partial charge in [-0.05, 0) is 13.5 Å². The Morgan fingerprint density at radius 3 is 3.18 bits per heavy atom. The fourth-order valence-corrected chi connectivity index (χ4v) is 2.88. The third kappa shape index (κ3) is 3.48. The van der Waals surface area contributed by atoms with E-state index in [1.807, 2.05) is 12.3 Å². The van der Waals surface area contributed by atoms with Crippen LogP contribution in [0, 0.1) is 6.92 Å². The molecule has 17 heavy (non-hydrogen) atoms. The van der Waals surface area contributed by atoms with Crippen LogP contribution in [-0.2, 0) is 11.2 Å². The molecule has 0 aliphatic carbocycles. The fraction of sp³-hybridized carbons (Fsp3) is 0.750. The molecule has 5 heteroatoms. The van der Waals surface area contributed by atoms with Crippen molar-refractivity contribution in [1.29, 1.82) is 0 Å². The van der Waals surface area contributed by atoms with Gasteiger partial charge >= 0.3 is 0 Å². The monoisotopic (exact) mass is 256 g/mol. The van der Waals surface area contributed by atoms with E-state index in [9.17, 15) is 5.11 Å². The van der Waals surface area contributed by atoms with Crippen LogP contribution in [0.15, 0.2) is 5.38 Å². The summed E-state index contributed by atoms with van der Waals surface area (Å²) in [5.74, 6) is 0. The average Bonchev–Trinajstić information content (AvgIpc) is 2.75. The summed E-state index contributed by atoms with van der Waals surface area (Å²) in [6.45, 7) is 7.63. The van der Waals surface area contributed by atoms with Gasteiger partial charge in [0.05, 0.1) is 23.8 Å². The van der Waals surface area contributed by atoms with E-state index < -0.39 is 6.10 Å². The van der Waals surface area contributed by atoms with Crippen LogP contribution in [0.1, 0.15) is 17.6 Å². The Hall–Kier alpha value is -0.490. The third-order valence-electron chi connectivity index (χ3n) is 3.10. The molecule has 0 spiro atoms. The van der Waals surface area contributed by atoms with Crippen molar-refractivity contribution in [2.75, 3.05) is 26.2 Å². The number of aliphatic hydroxyl groups is 1. The molecule has 1 aliphatic rings. The van der Waals surface area contributed by atoms with Crippen molar-refractivity contribution in [3.8, 4) is 0 Å². The first kappa shape index (κ1) is 13.0. The summed E-state index contributed by atoms with van der Waals surface area (Å²) in [5.41, 5.74) is 1.02. The highest BCUT2D eigenvalue weighted by Crippen LogP contribution is 2.16. The number of aromatic nitrogens is 1. The largest absolute Gasteiger partial charge is 0.390 e. The van der Waals surface area contributed by atoms with Crippen LogP contribution in [0.3, 0.4) is 0 Å². The highest BCUT2D eigenvalue weighted by atomic mass is 32.1. The van der Waals surface area contributed by atoms with E-state index in [1.165, 1.54) is 0 Å². The lowest BCUT2D eigenvalue weighted by molar-refractivity contribution is -0.0867. The smallest absolute Gasteiger partial charge is 0.0965 e. The lowest BCUT2D eigenvalue weighted by atomic mass is 10.1. The second kappa shape index (κ2) is 5.91. The van der Waals surface area contributed by atoms with E-state index in [-0.39, 0.29) is 6.10 Å². The van der Waals surface area contributed by atoms with Gasteiger partial charge in [-0.25, -0.2) is 4.98 Å². The number of aryl methyl sites for hydroxylation is 1. The number of nitrogens with zero attached hydrogens (tertiary/aromatic N) is 2. The van der Waals surface area contributed by atoms with Crippen molar-refractivity contribution in [1.82, 2.24) is 9.88 Å². The fourth-order valence-electron chi connectivity index (χ4n) is 2.06. The zero-order chi connectivity index (χ0) is 12.3. The molecule has 1 fully saturated rings. The van der Waals surface area contributed by atoms with Crippen LogP contribution in [0.5, 0.6) is 0 Å². The molecule has 2 atom stereocenters. The maximum absolute atomic E-state index is 10.2. The molecular formula is C12H20N2O2S. The van der Waals surface area contributed by atoms with Crippen molar-refractivity contribution in [2.45, 2.75) is 32.5 Å². The Labute approximate surface area is 106 Å². The van der Waals surface area contributed by atoms with Crippen LogP contribution in [-0.4, -0.2) is 53.4 Å². The van der Waals surface area contributed by atoms with Gasteiger partial charge in [0.15, 0.2) is 0 Å².